The summed E-state index contributed by atoms with van der Waals surface area (Å²) in [5, 5.41) is 0. The Bertz CT molecular complexity index is 3.25. The molecule has 0 aromatic heterocycles. The number of hydrogen-bond donors (Lipinski definition) is 1. The normalized spacial score (nSPS) is 0. The second-order valence-corrected chi connectivity index (χ2v) is 0. The molecule has 0 aromatic carbocycles. The first-order chi connectivity index (χ1) is 0. The summed E-state index contributed by atoms with van der Waals surface area (Å²) >= 11 is 0. The molecule has 0 saturated heterocycles. The van der Waals surface area contributed by atoms with Gasteiger partial charge in [0.05, 0.1) is 0 Å². The van der Waals surface area contributed by atoms with Crippen molar-refractivity contribution in [3.8, 4) is 0 Å². The van der Waals surface area contributed by atoms with Crippen LogP contribution >= 0.6 is 0 Å². The molecule has 0 atom stereocenters. The molecule has 3 nitrogen and oxygen atoms in total. The molecule has 19 valence electrons. The molecule has 0 unspecified atom stereocenters. The molecule has 0 heterocycles. The number of rotatable bonds is 0. The molecule has 0 amide bonds. The van der Waals surface area contributed by atoms with Gasteiger partial charge < -0.3 is 6.15 Å². The average Bonchev–Trinajstić information content (AvgIpc) is 0. The molecule has 4 heteroatoms. The van der Waals surface area contributed by atoms with Gasteiger partial charge >= 0.3 is 0 Å². The van der Waals surface area contributed by atoms with Crippen molar-refractivity contribution >= 4 is 29.6 Å². The third-order valence-electron chi connectivity index (χ3n) is 0. The molecule has 0 spiro atoms. The summed E-state index contributed by atoms with van der Waals surface area (Å²) in [6.07, 6.45) is 0. The maximum absolute atomic E-state index is 0. The van der Waals surface area contributed by atoms with E-state index < -0.39 is 0 Å². The molecular formula is H3N3Na. The van der Waals surface area contributed by atoms with E-state index in [2.05, 4.69) is 0 Å². The van der Waals surface area contributed by atoms with Gasteiger partial charge in [-0.05, 0) is 0 Å². The predicted octanol–water partition coefficient (Wildman–Crippen LogP) is -1.18. The van der Waals surface area contributed by atoms with Crippen LogP contribution in [0.4, 0.5) is 0 Å². The van der Waals surface area contributed by atoms with Crippen LogP contribution in [0.1, 0.15) is 0 Å². The van der Waals surface area contributed by atoms with Crippen molar-refractivity contribution in [1.29, 1.82) is 0 Å². The van der Waals surface area contributed by atoms with Gasteiger partial charge in [0.2, 0.25) is 0 Å². The molecule has 0 aliphatic heterocycles. The van der Waals surface area contributed by atoms with Gasteiger partial charge in [-0.15, -0.1) is 0 Å². The van der Waals surface area contributed by atoms with Crippen LogP contribution < -0.4 is 18.5 Å². The summed E-state index contributed by atoms with van der Waals surface area (Å²) in [5.74, 6) is 0. The van der Waals surface area contributed by atoms with E-state index in [-0.39, 0.29) is 48.0 Å². The van der Waals surface area contributed by atoms with E-state index in [4.69, 9.17) is 0 Å². The van der Waals surface area contributed by atoms with Gasteiger partial charge in [0, 0.05) is 41.9 Å². The van der Waals surface area contributed by atoms with Crippen LogP contribution in [0.3, 0.4) is 0 Å². The maximum atomic E-state index is 0. The second kappa shape index (κ2) is 41.6. The zero-order valence-corrected chi connectivity index (χ0v) is 4.60. The van der Waals surface area contributed by atoms with Gasteiger partial charge in [0.15, 0.2) is 0 Å². The number of hydrogen-bond acceptors (Lipinski definition) is 1. The van der Waals surface area contributed by atoms with Gasteiger partial charge in [0.25, 0.3) is 0 Å². The summed E-state index contributed by atoms with van der Waals surface area (Å²) in [4.78, 5) is 0. The Morgan fingerprint density at radius 1 is 0.750 bits per heavy atom. The summed E-state index contributed by atoms with van der Waals surface area (Å²) in [7, 11) is 0. The Kier molecular flexibility index (Phi) is 986. The van der Waals surface area contributed by atoms with E-state index >= 15 is 0 Å². The Balaban J connectivity index is 0. The topological polar surface area (TPSA) is 96.0 Å². The van der Waals surface area contributed by atoms with E-state index in [0.717, 1.165) is 0 Å². The minimum atomic E-state index is 0. The van der Waals surface area contributed by atoms with Crippen molar-refractivity contribution in [2.24, 2.45) is 0 Å². The van der Waals surface area contributed by atoms with E-state index in [1.54, 1.807) is 0 Å². The van der Waals surface area contributed by atoms with Gasteiger partial charge in [-0.25, -0.2) is 0 Å². The Labute approximate surface area is 48.2 Å². The first kappa shape index (κ1) is 94.9. The Morgan fingerprint density at radius 3 is 0.750 bits per heavy atom. The molecule has 0 fully saturated rings. The fraction of sp³-hybridized carbons (Fsp3) is 0. The molecule has 7 radical (unpaired) electrons. The molecule has 0 aliphatic rings. The fourth-order valence-electron chi connectivity index (χ4n) is 0. The fourth-order valence-corrected chi connectivity index (χ4v) is 0. The zero-order valence-electron chi connectivity index (χ0n) is 2.60. The number of nitrogens with zero attached hydrogens (tertiary/aromatic N) is 2. The first-order valence-corrected chi connectivity index (χ1v) is 0. The SMILES string of the molecule is N.[N].[N].[Na]. The van der Waals surface area contributed by atoms with Crippen LogP contribution in [-0.4, -0.2) is 29.6 Å². The molecule has 0 aliphatic carbocycles. The molecule has 0 saturated carbocycles. The van der Waals surface area contributed by atoms with Crippen molar-refractivity contribution in [1.82, 2.24) is 18.5 Å². The minimum absolute atomic E-state index is 0. The molecule has 3 N–H and O–H groups in total. The standard InChI is InChI=1S/H3N.2N.Na/h1H3;;;. The van der Waals surface area contributed by atoms with Crippen molar-refractivity contribution in [2.45, 2.75) is 0 Å². The Hall–Kier alpha value is 0.880. The zero-order chi connectivity index (χ0) is 0. The smallest absolute Gasteiger partial charge is 0 e. The summed E-state index contributed by atoms with van der Waals surface area (Å²) in [6, 6.07) is 0. The van der Waals surface area contributed by atoms with Crippen LogP contribution in [0.15, 0.2) is 0 Å². The van der Waals surface area contributed by atoms with Crippen LogP contribution in [0.2, 0.25) is 0 Å². The van der Waals surface area contributed by atoms with Crippen molar-refractivity contribution in [3.05, 3.63) is 0 Å². The van der Waals surface area contributed by atoms with E-state index in [0.29, 0.717) is 0 Å². The third kappa shape index (κ3) is 13.1. The largest absolute Gasteiger partial charge is 0.344 e. The van der Waals surface area contributed by atoms with E-state index in [1.165, 1.54) is 0 Å². The summed E-state index contributed by atoms with van der Waals surface area (Å²) in [6.45, 7) is 0. The second-order valence-electron chi connectivity index (χ2n) is 0. The van der Waals surface area contributed by atoms with Crippen molar-refractivity contribution in [2.75, 3.05) is 0 Å². The molecule has 0 aromatic rings. The minimum Gasteiger partial charge on any atom is -0.344 e. The quantitative estimate of drug-likeness (QED) is 0.355. The predicted molar refractivity (Wildman–Crippen MR) is 15.0 cm³/mol. The van der Waals surface area contributed by atoms with Crippen molar-refractivity contribution in [3.63, 3.8) is 0 Å². The summed E-state index contributed by atoms with van der Waals surface area (Å²) in [5.41, 5.74) is 0. The van der Waals surface area contributed by atoms with Crippen molar-refractivity contribution < 1.29 is 0 Å². The monoisotopic (exact) mass is 68.0 g/mol. The molecule has 0 rings (SSSR count). The Morgan fingerprint density at radius 2 is 0.750 bits per heavy atom. The first-order valence-electron chi connectivity index (χ1n) is 0. The summed E-state index contributed by atoms with van der Waals surface area (Å²) < 4.78 is 0. The van der Waals surface area contributed by atoms with Crippen LogP contribution in [0.5, 0.6) is 0 Å². The van der Waals surface area contributed by atoms with E-state index in [1.807, 2.05) is 0 Å². The third-order valence-corrected chi connectivity index (χ3v) is 0. The van der Waals surface area contributed by atoms with Gasteiger partial charge in [-0.3, -0.25) is 0 Å². The van der Waals surface area contributed by atoms with Crippen LogP contribution in [-0.2, 0) is 0 Å². The average molecular weight is 68.0 g/mol. The van der Waals surface area contributed by atoms with Gasteiger partial charge in [0.1, 0.15) is 0 Å². The molecule has 4 heavy (non-hydrogen) atoms. The molecule has 0 bridgehead atoms. The van der Waals surface area contributed by atoms with E-state index in [9.17, 15) is 0 Å². The maximum Gasteiger partial charge on any atom is 0 e. The molecular weight excluding hydrogens is 65.0 g/mol. The van der Waals surface area contributed by atoms with Gasteiger partial charge in [-0.1, -0.05) is 0 Å². The van der Waals surface area contributed by atoms with Crippen LogP contribution in [0, 0.1) is 0 Å². The van der Waals surface area contributed by atoms with Gasteiger partial charge in [-0.2, -0.15) is 0 Å². The van der Waals surface area contributed by atoms with Crippen LogP contribution in [0.25, 0.3) is 0 Å².